The monoisotopic (exact) mass is 286 g/mol. The van der Waals surface area contributed by atoms with Crippen LogP contribution in [0.3, 0.4) is 0 Å². The molecule has 0 spiro atoms. The van der Waals surface area contributed by atoms with Crippen LogP contribution in [0, 0.1) is 13.8 Å². The average molecular weight is 286 g/mol. The first-order valence-electron chi connectivity index (χ1n) is 7.13. The number of hydrogen-bond acceptors (Lipinski definition) is 3. The molecule has 3 N–H and O–H groups in total. The van der Waals surface area contributed by atoms with Gasteiger partial charge < -0.3 is 15.5 Å². The summed E-state index contributed by atoms with van der Waals surface area (Å²) in [5.74, 6) is 0.484. The quantitative estimate of drug-likeness (QED) is 0.888. The van der Waals surface area contributed by atoms with E-state index in [0.29, 0.717) is 17.9 Å². The Labute approximate surface area is 125 Å². The summed E-state index contributed by atoms with van der Waals surface area (Å²) in [6, 6.07) is 8.18. The van der Waals surface area contributed by atoms with Crippen LogP contribution in [0.15, 0.2) is 34.9 Å². The molecule has 21 heavy (non-hydrogen) atoms. The first-order valence-corrected chi connectivity index (χ1v) is 7.13. The van der Waals surface area contributed by atoms with Crippen molar-refractivity contribution in [3.05, 3.63) is 58.5 Å². The highest BCUT2D eigenvalue weighted by molar-refractivity contribution is 5.94. The molecule has 0 radical (unpaired) electrons. The number of rotatable bonds is 5. The number of carbonyl (C=O) groups is 1. The minimum Gasteiger partial charge on any atom is -0.467 e. The second-order valence-corrected chi connectivity index (χ2v) is 5.58. The van der Waals surface area contributed by atoms with Crippen molar-refractivity contribution in [2.24, 2.45) is 5.73 Å². The van der Waals surface area contributed by atoms with Crippen LogP contribution in [0.5, 0.6) is 0 Å². The normalized spacial score (nSPS) is 12.2. The van der Waals surface area contributed by atoms with Crippen molar-refractivity contribution in [3.63, 3.8) is 0 Å². The molecule has 1 atom stereocenters. The first kappa shape index (κ1) is 15.3. The van der Waals surface area contributed by atoms with Gasteiger partial charge >= 0.3 is 0 Å². The fraction of sp³-hybridized carbons (Fsp3) is 0.353. The van der Waals surface area contributed by atoms with Crippen molar-refractivity contribution in [2.45, 2.75) is 39.8 Å². The highest BCUT2D eigenvalue weighted by Crippen LogP contribution is 2.12. The van der Waals surface area contributed by atoms with Crippen LogP contribution >= 0.6 is 0 Å². The molecule has 1 heterocycles. The molecule has 0 bridgehead atoms. The molecular formula is C17H22N2O2. The molecule has 2 rings (SSSR count). The minimum absolute atomic E-state index is 0.0509. The van der Waals surface area contributed by atoms with Gasteiger partial charge in [0.15, 0.2) is 0 Å². The van der Waals surface area contributed by atoms with E-state index < -0.39 is 0 Å². The van der Waals surface area contributed by atoms with Crippen LogP contribution < -0.4 is 11.1 Å². The molecule has 2 aromatic rings. The predicted molar refractivity (Wildman–Crippen MR) is 83.1 cm³/mol. The molecule has 0 aliphatic heterocycles. The minimum atomic E-state index is -0.129. The van der Waals surface area contributed by atoms with E-state index in [-0.39, 0.29) is 11.9 Å². The zero-order valence-electron chi connectivity index (χ0n) is 12.8. The number of furan rings is 1. The molecule has 0 aliphatic rings. The van der Waals surface area contributed by atoms with Crippen LogP contribution in [0.4, 0.5) is 0 Å². The van der Waals surface area contributed by atoms with Crippen molar-refractivity contribution in [2.75, 3.05) is 0 Å². The predicted octanol–water partition coefficient (Wildman–Crippen LogP) is 2.72. The van der Waals surface area contributed by atoms with E-state index in [9.17, 15) is 4.79 Å². The van der Waals surface area contributed by atoms with Gasteiger partial charge in [0.25, 0.3) is 5.91 Å². The fourth-order valence-electron chi connectivity index (χ4n) is 2.51. The smallest absolute Gasteiger partial charge is 0.254 e. The summed E-state index contributed by atoms with van der Waals surface area (Å²) in [6.07, 6.45) is 2.25. The Kier molecular flexibility index (Phi) is 4.81. The topological polar surface area (TPSA) is 68.3 Å². The lowest BCUT2D eigenvalue weighted by atomic mass is 10.0. The molecular weight excluding hydrogens is 264 g/mol. The van der Waals surface area contributed by atoms with Gasteiger partial charge in [-0.15, -0.1) is 0 Å². The third kappa shape index (κ3) is 4.20. The fourth-order valence-corrected chi connectivity index (χ4v) is 2.51. The lowest BCUT2D eigenvalue weighted by Gasteiger charge is -2.14. The number of hydrogen-bond donors (Lipinski definition) is 2. The Morgan fingerprint density at radius 2 is 1.90 bits per heavy atom. The number of nitrogens with one attached hydrogen (secondary N) is 1. The molecule has 0 fully saturated rings. The lowest BCUT2D eigenvalue weighted by Crippen LogP contribution is -2.33. The summed E-state index contributed by atoms with van der Waals surface area (Å²) in [5.41, 5.74) is 9.70. The molecule has 1 aromatic heterocycles. The highest BCUT2D eigenvalue weighted by atomic mass is 16.3. The van der Waals surface area contributed by atoms with Gasteiger partial charge in [-0.1, -0.05) is 29.3 Å². The molecule has 1 amide bonds. The molecule has 1 unspecified atom stereocenters. The van der Waals surface area contributed by atoms with Crippen molar-refractivity contribution in [1.29, 1.82) is 0 Å². The van der Waals surface area contributed by atoms with Crippen molar-refractivity contribution in [1.82, 2.24) is 5.32 Å². The van der Waals surface area contributed by atoms with E-state index >= 15 is 0 Å². The van der Waals surface area contributed by atoms with E-state index in [1.54, 1.807) is 6.07 Å². The third-order valence-electron chi connectivity index (χ3n) is 3.32. The van der Waals surface area contributed by atoms with E-state index in [0.717, 1.165) is 6.42 Å². The van der Waals surface area contributed by atoms with Crippen molar-refractivity contribution >= 4 is 5.91 Å². The van der Waals surface area contributed by atoms with Gasteiger partial charge in [0.1, 0.15) is 12.0 Å². The molecule has 4 nitrogen and oxygen atoms in total. The molecule has 1 aromatic carbocycles. The second-order valence-electron chi connectivity index (χ2n) is 5.58. The van der Waals surface area contributed by atoms with Gasteiger partial charge in [-0.25, -0.2) is 0 Å². The van der Waals surface area contributed by atoms with E-state index in [4.69, 9.17) is 10.2 Å². The maximum Gasteiger partial charge on any atom is 0.254 e. The Morgan fingerprint density at radius 1 is 1.24 bits per heavy atom. The van der Waals surface area contributed by atoms with Gasteiger partial charge in [0, 0.05) is 6.04 Å². The Bertz CT molecular complexity index is 611. The molecule has 0 saturated carbocycles. The van der Waals surface area contributed by atoms with E-state index in [1.807, 2.05) is 6.92 Å². The largest absolute Gasteiger partial charge is 0.467 e. The molecule has 112 valence electrons. The highest BCUT2D eigenvalue weighted by Gasteiger charge is 2.13. The second kappa shape index (κ2) is 6.59. The van der Waals surface area contributed by atoms with Gasteiger partial charge in [-0.3, -0.25) is 4.79 Å². The van der Waals surface area contributed by atoms with Gasteiger partial charge in [-0.2, -0.15) is 0 Å². The van der Waals surface area contributed by atoms with Crippen molar-refractivity contribution in [3.8, 4) is 0 Å². The van der Waals surface area contributed by atoms with Crippen molar-refractivity contribution < 1.29 is 9.21 Å². The summed E-state index contributed by atoms with van der Waals surface area (Å²) in [4.78, 5) is 12.1. The number of carbonyl (C=O) groups excluding carboxylic acids is 1. The van der Waals surface area contributed by atoms with Crippen LogP contribution in [-0.4, -0.2) is 11.9 Å². The van der Waals surface area contributed by atoms with Gasteiger partial charge in [0.05, 0.1) is 12.1 Å². The summed E-state index contributed by atoms with van der Waals surface area (Å²) in [6.45, 7) is 6.46. The van der Waals surface area contributed by atoms with Gasteiger partial charge in [0.2, 0.25) is 0 Å². The standard InChI is InChI=1S/C17H22N2O2/c1-11-4-12(2)6-14(5-11)7-13(3)19-17(20)15-8-16(9-18)21-10-15/h4-6,8,10,13H,7,9,18H2,1-3H3,(H,19,20). The maximum atomic E-state index is 12.1. The van der Waals surface area contributed by atoms with Crippen LogP contribution in [0.25, 0.3) is 0 Å². The van der Waals surface area contributed by atoms with Crippen LogP contribution in [0.2, 0.25) is 0 Å². The first-order chi connectivity index (χ1) is 9.97. The van der Waals surface area contributed by atoms with Gasteiger partial charge in [-0.05, 0) is 38.8 Å². The molecule has 0 aliphatic carbocycles. The average Bonchev–Trinajstić information content (AvgIpc) is 2.85. The molecule has 0 saturated heterocycles. The van der Waals surface area contributed by atoms with E-state index in [2.05, 4.69) is 37.4 Å². The summed E-state index contributed by atoms with van der Waals surface area (Å²) in [5, 5.41) is 2.98. The molecule has 4 heteroatoms. The lowest BCUT2D eigenvalue weighted by molar-refractivity contribution is 0.0939. The summed E-state index contributed by atoms with van der Waals surface area (Å²) >= 11 is 0. The number of amides is 1. The Hall–Kier alpha value is -2.07. The summed E-state index contributed by atoms with van der Waals surface area (Å²) < 4.78 is 5.18. The Balaban J connectivity index is 1.97. The third-order valence-corrected chi connectivity index (χ3v) is 3.32. The van der Waals surface area contributed by atoms with Crippen LogP contribution in [-0.2, 0) is 13.0 Å². The number of nitrogens with two attached hydrogens (primary N) is 1. The summed E-state index contributed by atoms with van der Waals surface area (Å²) in [7, 11) is 0. The number of aryl methyl sites for hydroxylation is 2. The van der Waals surface area contributed by atoms with Crippen LogP contribution in [0.1, 0.15) is 39.7 Å². The zero-order valence-corrected chi connectivity index (χ0v) is 12.8. The number of benzene rings is 1. The zero-order chi connectivity index (χ0) is 15.4. The Morgan fingerprint density at radius 3 is 2.48 bits per heavy atom. The van der Waals surface area contributed by atoms with E-state index in [1.165, 1.54) is 23.0 Å². The maximum absolute atomic E-state index is 12.1. The SMILES string of the molecule is Cc1cc(C)cc(CC(C)NC(=O)c2coc(CN)c2)c1.